The second-order valence-electron chi connectivity index (χ2n) is 4.39. The first-order valence-electron chi connectivity index (χ1n) is 6.44. The van der Waals surface area contributed by atoms with Gasteiger partial charge >= 0.3 is 0 Å². The van der Waals surface area contributed by atoms with E-state index in [0.29, 0.717) is 5.88 Å². The molecule has 18 heavy (non-hydrogen) atoms. The molecule has 102 valence electrons. The molecule has 1 aromatic rings. The van der Waals surface area contributed by atoms with Crippen LogP contribution in [-0.4, -0.2) is 34.6 Å². The highest BCUT2D eigenvalue weighted by molar-refractivity contribution is 7.98. The molecule has 0 aromatic carbocycles. The van der Waals surface area contributed by atoms with E-state index in [1.54, 1.807) is 0 Å². The summed E-state index contributed by atoms with van der Waals surface area (Å²) in [6.45, 7) is 4.93. The lowest BCUT2D eigenvalue weighted by molar-refractivity contribution is 0.232. The number of anilines is 1. The summed E-state index contributed by atoms with van der Waals surface area (Å²) in [4.78, 5) is 8.25. The number of nitrogens with zero attached hydrogens (tertiary/aromatic N) is 2. The van der Waals surface area contributed by atoms with Gasteiger partial charge in [-0.2, -0.15) is 11.8 Å². The van der Waals surface area contributed by atoms with Crippen molar-refractivity contribution in [2.75, 3.05) is 23.9 Å². The molecular formula is C13H23N3OS. The Kier molecular flexibility index (Phi) is 7.57. The summed E-state index contributed by atoms with van der Waals surface area (Å²) in [5.41, 5.74) is 0. The van der Waals surface area contributed by atoms with E-state index >= 15 is 0 Å². The largest absolute Gasteiger partial charge is 0.475 e. The minimum absolute atomic E-state index is 0.138. The van der Waals surface area contributed by atoms with Gasteiger partial charge in [0.25, 0.3) is 0 Å². The molecule has 0 radical (unpaired) electrons. The van der Waals surface area contributed by atoms with E-state index in [4.69, 9.17) is 4.74 Å². The molecule has 1 heterocycles. The predicted octanol–water partition coefficient (Wildman–Crippen LogP) is 3.21. The molecule has 0 aliphatic carbocycles. The summed E-state index contributed by atoms with van der Waals surface area (Å²) in [5, 5.41) is 3.30. The monoisotopic (exact) mass is 269 g/mol. The van der Waals surface area contributed by atoms with Crippen LogP contribution in [0.15, 0.2) is 12.4 Å². The van der Waals surface area contributed by atoms with Gasteiger partial charge in [0.05, 0.1) is 6.10 Å². The first-order valence-corrected chi connectivity index (χ1v) is 7.83. The van der Waals surface area contributed by atoms with E-state index in [-0.39, 0.29) is 6.10 Å². The van der Waals surface area contributed by atoms with E-state index in [1.807, 2.05) is 31.7 Å². The van der Waals surface area contributed by atoms with Crippen LogP contribution >= 0.6 is 11.8 Å². The topological polar surface area (TPSA) is 47.0 Å². The standard InChI is InChI=1S/C13H23N3OS/c1-11(2)17-13-9-12(15-10-16-13)14-7-5-4-6-8-18-3/h9-11H,4-8H2,1-3H3,(H,14,15,16). The number of nitrogens with one attached hydrogen (secondary N) is 1. The fourth-order valence-corrected chi connectivity index (χ4v) is 2.00. The SMILES string of the molecule is CSCCCCCNc1cc(OC(C)C)ncn1. The van der Waals surface area contributed by atoms with Gasteiger partial charge in [0.2, 0.25) is 5.88 Å². The van der Waals surface area contributed by atoms with E-state index in [9.17, 15) is 0 Å². The van der Waals surface area contributed by atoms with Crippen LogP contribution in [0.5, 0.6) is 5.88 Å². The molecule has 0 aliphatic heterocycles. The Morgan fingerprint density at radius 1 is 1.28 bits per heavy atom. The number of thioether (sulfide) groups is 1. The molecule has 0 unspecified atom stereocenters. The first-order chi connectivity index (χ1) is 8.72. The maximum Gasteiger partial charge on any atom is 0.218 e. The van der Waals surface area contributed by atoms with E-state index < -0.39 is 0 Å². The highest BCUT2D eigenvalue weighted by atomic mass is 32.2. The van der Waals surface area contributed by atoms with Gasteiger partial charge in [0.15, 0.2) is 0 Å². The molecule has 0 aliphatic rings. The summed E-state index contributed by atoms with van der Waals surface area (Å²) in [6.07, 6.45) is 7.54. The summed E-state index contributed by atoms with van der Waals surface area (Å²) in [6, 6.07) is 1.85. The Morgan fingerprint density at radius 2 is 2.11 bits per heavy atom. The fraction of sp³-hybridized carbons (Fsp3) is 0.692. The molecule has 0 spiro atoms. The zero-order valence-electron chi connectivity index (χ0n) is 11.5. The zero-order chi connectivity index (χ0) is 13.2. The number of aromatic nitrogens is 2. The van der Waals surface area contributed by atoms with Crippen LogP contribution in [0.25, 0.3) is 0 Å². The smallest absolute Gasteiger partial charge is 0.218 e. The minimum Gasteiger partial charge on any atom is -0.475 e. The third-order valence-electron chi connectivity index (χ3n) is 2.33. The van der Waals surface area contributed by atoms with Crippen molar-refractivity contribution in [3.05, 3.63) is 12.4 Å². The van der Waals surface area contributed by atoms with Gasteiger partial charge in [-0.1, -0.05) is 6.42 Å². The molecule has 0 amide bonds. The van der Waals surface area contributed by atoms with Crippen LogP contribution in [0.3, 0.4) is 0 Å². The van der Waals surface area contributed by atoms with Crippen molar-refractivity contribution in [3.8, 4) is 5.88 Å². The maximum absolute atomic E-state index is 5.52. The number of hydrogen-bond acceptors (Lipinski definition) is 5. The van der Waals surface area contributed by atoms with E-state index in [0.717, 1.165) is 12.4 Å². The predicted molar refractivity (Wildman–Crippen MR) is 78.5 cm³/mol. The van der Waals surface area contributed by atoms with Gasteiger partial charge < -0.3 is 10.1 Å². The average molecular weight is 269 g/mol. The quantitative estimate of drug-likeness (QED) is 0.698. The highest BCUT2D eigenvalue weighted by Gasteiger charge is 2.01. The van der Waals surface area contributed by atoms with Gasteiger partial charge in [-0.15, -0.1) is 0 Å². The molecule has 5 heteroatoms. The molecule has 1 aromatic heterocycles. The molecule has 0 saturated heterocycles. The Hall–Kier alpha value is -0.970. The van der Waals surface area contributed by atoms with E-state index in [2.05, 4.69) is 21.5 Å². The van der Waals surface area contributed by atoms with Crippen LogP contribution < -0.4 is 10.1 Å². The van der Waals surface area contributed by atoms with Crippen molar-refractivity contribution in [1.29, 1.82) is 0 Å². The van der Waals surface area contributed by atoms with Crippen molar-refractivity contribution < 1.29 is 4.74 Å². The maximum atomic E-state index is 5.52. The summed E-state index contributed by atoms with van der Waals surface area (Å²) in [7, 11) is 0. The van der Waals surface area contributed by atoms with Gasteiger partial charge in [-0.05, 0) is 38.7 Å². The molecule has 0 atom stereocenters. The molecule has 0 fully saturated rings. The van der Waals surface area contributed by atoms with Crippen LogP contribution in [0.4, 0.5) is 5.82 Å². The average Bonchev–Trinajstić information content (AvgIpc) is 2.33. The fourth-order valence-electron chi connectivity index (χ4n) is 1.51. The van der Waals surface area contributed by atoms with Gasteiger partial charge in [-0.3, -0.25) is 0 Å². The zero-order valence-corrected chi connectivity index (χ0v) is 12.3. The Balaban J connectivity index is 2.25. The van der Waals surface area contributed by atoms with Gasteiger partial charge in [0, 0.05) is 12.6 Å². The number of hydrogen-bond donors (Lipinski definition) is 1. The van der Waals surface area contributed by atoms with E-state index in [1.165, 1.54) is 31.3 Å². The summed E-state index contributed by atoms with van der Waals surface area (Å²) >= 11 is 1.91. The lowest BCUT2D eigenvalue weighted by Crippen LogP contribution is -2.08. The Morgan fingerprint density at radius 3 is 2.83 bits per heavy atom. The third kappa shape index (κ3) is 6.69. The Bertz CT molecular complexity index is 334. The minimum atomic E-state index is 0.138. The molecule has 4 nitrogen and oxygen atoms in total. The van der Waals surface area contributed by atoms with Crippen molar-refractivity contribution in [3.63, 3.8) is 0 Å². The summed E-state index contributed by atoms with van der Waals surface area (Å²) < 4.78 is 5.52. The van der Waals surface area contributed by atoms with Gasteiger partial charge in [0.1, 0.15) is 12.1 Å². The highest BCUT2D eigenvalue weighted by Crippen LogP contribution is 2.12. The van der Waals surface area contributed by atoms with Crippen LogP contribution in [-0.2, 0) is 0 Å². The van der Waals surface area contributed by atoms with Gasteiger partial charge in [-0.25, -0.2) is 9.97 Å². The Labute approximate surface area is 114 Å². The lowest BCUT2D eigenvalue weighted by Gasteiger charge is -2.10. The molecule has 0 bridgehead atoms. The number of ether oxygens (including phenoxy) is 1. The van der Waals surface area contributed by atoms with Crippen LogP contribution in [0.2, 0.25) is 0 Å². The molecule has 0 saturated carbocycles. The van der Waals surface area contributed by atoms with Crippen molar-refractivity contribution >= 4 is 17.6 Å². The third-order valence-corrected chi connectivity index (χ3v) is 3.03. The second-order valence-corrected chi connectivity index (χ2v) is 5.37. The molecular weight excluding hydrogens is 246 g/mol. The lowest BCUT2D eigenvalue weighted by atomic mass is 10.2. The normalized spacial score (nSPS) is 10.7. The number of rotatable bonds is 9. The van der Waals surface area contributed by atoms with Crippen molar-refractivity contribution in [1.82, 2.24) is 9.97 Å². The summed E-state index contributed by atoms with van der Waals surface area (Å²) in [5.74, 6) is 2.72. The van der Waals surface area contributed by atoms with Crippen molar-refractivity contribution in [2.45, 2.75) is 39.2 Å². The van der Waals surface area contributed by atoms with Crippen LogP contribution in [0.1, 0.15) is 33.1 Å². The second kappa shape index (κ2) is 9.03. The van der Waals surface area contributed by atoms with Crippen molar-refractivity contribution in [2.24, 2.45) is 0 Å². The number of unbranched alkanes of at least 4 members (excludes halogenated alkanes) is 2. The molecule has 1 N–H and O–H groups in total. The first kappa shape index (κ1) is 15.1. The van der Waals surface area contributed by atoms with Crippen LogP contribution in [0, 0.1) is 0 Å². The molecule has 1 rings (SSSR count).